The minimum Gasteiger partial charge on any atom is -0.343 e. The molecule has 33 heavy (non-hydrogen) atoms. The molecule has 0 bridgehead atoms. The van der Waals surface area contributed by atoms with Gasteiger partial charge >= 0.3 is 0 Å². The van der Waals surface area contributed by atoms with Gasteiger partial charge in [-0.05, 0) is 37.1 Å². The molecule has 2 saturated heterocycles. The highest BCUT2D eigenvalue weighted by Gasteiger charge is 2.23. The van der Waals surface area contributed by atoms with E-state index < -0.39 is 0 Å². The summed E-state index contributed by atoms with van der Waals surface area (Å²) in [6.45, 7) is 5.19. The van der Waals surface area contributed by atoms with E-state index in [1.165, 1.54) is 12.8 Å². The van der Waals surface area contributed by atoms with Gasteiger partial charge in [-0.1, -0.05) is 33.9 Å². The maximum atomic E-state index is 12.7. The highest BCUT2D eigenvalue weighted by molar-refractivity contribution is 9.10. The van der Waals surface area contributed by atoms with Crippen molar-refractivity contribution in [3.8, 4) is 0 Å². The molecule has 10 heteroatoms. The van der Waals surface area contributed by atoms with Gasteiger partial charge in [-0.15, -0.1) is 12.4 Å². The number of amides is 2. The number of likely N-dealkylation sites (tertiary alicyclic amines) is 1. The van der Waals surface area contributed by atoms with E-state index >= 15 is 0 Å². The van der Waals surface area contributed by atoms with Crippen molar-refractivity contribution in [3.63, 3.8) is 0 Å². The molecule has 0 unspecified atom stereocenters. The first-order chi connectivity index (χ1) is 15.6. The Morgan fingerprint density at radius 2 is 1.58 bits per heavy atom. The van der Waals surface area contributed by atoms with E-state index in [0.717, 1.165) is 43.5 Å². The Kier molecular flexibility index (Phi) is 9.70. The number of halogens is 2. The summed E-state index contributed by atoms with van der Waals surface area (Å²) >= 11 is 3.40. The van der Waals surface area contributed by atoms with Crippen molar-refractivity contribution in [2.45, 2.75) is 45.1 Å². The summed E-state index contributed by atoms with van der Waals surface area (Å²) in [4.78, 5) is 35.7. The number of aryl methyl sites for hydroxylation is 1. The molecule has 0 N–H and O–H groups in total. The number of rotatable bonds is 6. The summed E-state index contributed by atoms with van der Waals surface area (Å²) in [7, 11) is 0. The summed E-state index contributed by atoms with van der Waals surface area (Å²) in [6.07, 6.45) is 5.51. The summed E-state index contributed by atoms with van der Waals surface area (Å²) in [5.41, 5.74) is 0.708. The van der Waals surface area contributed by atoms with Crippen LogP contribution < -0.4 is 0 Å². The number of piperazine rings is 1. The summed E-state index contributed by atoms with van der Waals surface area (Å²) in [5, 5.41) is 4.09. The molecule has 0 atom stereocenters. The minimum atomic E-state index is 0. The standard InChI is InChI=1S/C23H30BrN5O3.ClH/c24-19-7-5-18(6-8-19)23(31)29-15-13-27(14-16-29)17-20-25-21(32-26-20)9-10-22(30)28-11-3-1-2-4-12-28;/h5-8H,1-4,9-17H2;1H. The van der Waals surface area contributed by atoms with Crippen molar-refractivity contribution in [2.75, 3.05) is 39.3 Å². The van der Waals surface area contributed by atoms with Crippen LogP contribution in [0.2, 0.25) is 0 Å². The number of aromatic nitrogens is 2. The van der Waals surface area contributed by atoms with Gasteiger partial charge in [-0.25, -0.2) is 0 Å². The van der Waals surface area contributed by atoms with Crippen LogP contribution in [0.3, 0.4) is 0 Å². The number of carbonyl (C=O) groups excluding carboxylic acids is 2. The van der Waals surface area contributed by atoms with Crippen LogP contribution >= 0.6 is 28.3 Å². The third-order valence-corrected chi connectivity index (χ3v) is 6.67. The number of nitrogens with zero attached hydrogens (tertiary/aromatic N) is 5. The average Bonchev–Trinajstić information content (AvgIpc) is 3.07. The van der Waals surface area contributed by atoms with E-state index in [-0.39, 0.29) is 24.2 Å². The van der Waals surface area contributed by atoms with Crippen molar-refractivity contribution in [3.05, 3.63) is 46.0 Å². The van der Waals surface area contributed by atoms with E-state index in [4.69, 9.17) is 4.52 Å². The quantitative estimate of drug-likeness (QED) is 0.557. The lowest BCUT2D eigenvalue weighted by molar-refractivity contribution is -0.131. The zero-order valence-electron chi connectivity index (χ0n) is 18.7. The number of carbonyl (C=O) groups is 2. The molecule has 8 nitrogen and oxygen atoms in total. The molecule has 0 spiro atoms. The largest absolute Gasteiger partial charge is 0.343 e. The van der Waals surface area contributed by atoms with E-state index in [2.05, 4.69) is 31.0 Å². The summed E-state index contributed by atoms with van der Waals surface area (Å²) < 4.78 is 6.33. The maximum absolute atomic E-state index is 12.7. The van der Waals surface area contributed by atoms with Crippen LogP contribution in [0.25, 0.3) is 0 Å². The first kappa shape index (κ1) is 25.6. The Hall–Kier alpha value is -1.97. The molecular weight excluding hydrogens is 510 g/mol. The van der Waals surface area contributed by atoms with Crippen molar-refractivity contribution in [1.82, 2.24) is 24.8 Å². The predicted octanol–water partition coefficient (Wildman–Crippen LogP) is 3.55. The van der Waals surface area contributed by atoms with Crippen LogP contribution in [0, 0.1) is 0 Å². The van der Waals surface area contributed by atoms with Crippen LogP contribution in [-0.4, -0.2) is 75.9 Å². The Morgan fingerprint density at radius 3 is 2.24 bits per heavy atom. The number of benzene rings is 1. The van der Waals surface area contributed by atoms with E-state index in [9.17, 15) is 9.59 Å². The molecule has 1 aromatic heterocycles. The Labute approximate surface area is 209 Å². The highest BCUT2D eigenvalue weighted by Crippen LogP contribution is 2.15. The first-order valence-electron chi connectivity index (χ1n) is 11.4. The average molecular weight is 541 g/mol. The van der Waals surface area contributed by atoms with Gasteiger partial charge in [-0.3, -0.25) is 14.5 Å². The summed E-state index contributed by atoms with van der Waals surface area (Å²) in [6, 6.07) is 7.46. The molecule has 2 aliphatic rings. The molecular formula is C23H31BrClN5O3. The second-order valence-electron chi connectivity index (χ2n) is 8.47. The Morgan fingerprint density at radius 1 is 0.909 bits per heavy atom. The zero-order chi connectivity index (χ0) is 22.3. The third-order valence-electron chi connectivity index (χ3n) is 6.14. The molecule has 180 valence electrons. The first-order valence-corrected chi connectivity index (χ1v) is 12.2. The van der Waals surface area contributed by atoms with Gasteiger partial charge in [0.15, 0.2) is 5.82 Å². The van der Waals surface area contributed by atoms with Gasteiger partial charge in [0.1, 0.15) is 0 Å². The van der Waals surface area contributed by atoms with Crippen LogP contribution in [0.1, 0.15) is 54.2 Å². The van der Waals surface area contributed by atoms with Gasteiger partial charge in [0.05, 0.1) is 6.54 Å². The van der Waals surface area contributed by atoms with Gasteiger partial charge in [0.25, 0.3) is 5.91 Å². The van der Waals surface area contributed by atoms with Gasteiger partial charge in [-0.2, -0.15) is 4.98 Å². The lowest BCUT2D eigenvalue weighted by atomic mass is 10.2. The van der Waals surface area contributed by atoms with E-state index in [1.807, 2.05) is 34.1 Å². The third kappa shape index (κ3) is 7.25. The zero-order valence-corrected chi connectivity index (χ0v) is 21.2. The molecule has 1 aromatic carbocycles. The van der Waals surface area contributed by atoms with Crippen LogP contribution in [-0.2, 0) is 17.8 Å². The van der Waals surface area contributed by atoms with E-state index in [0.29, 0.717) is 49.8 Å². The predicted molar refractivity (Wildman–Crippen MR) is 130 cm³/mol. The molecule has 4 rings (SSSR count). The van der Waals surface area contributed by atoms with Crippen molar-refractivity contribution in [1.29, 1.82) is 0 Å². The fourth-order valence-corrected chi connectivity index (χ4v) is 4.50. The molecule has 0 radical (unpaired) electrons. The van der Waals surface area contributed by atoms with Gasteiger partial charge in [0.2, 0.25) is 11.8 Å². The number of hydrogen-bond acceptors (Lipinski definition) is 6. The molecule has 3 heterocycles. The van der Waals surface area contributed by atoms with Crippen LogP contribution in [0.15, 0.2) is 33.3 Å². The topological polar surface area (TPSA) is 82.8 Å². The van der Waals surface area contributed by atoms with Crippen LogP contribution in [0.5, 0.6) is 0 Å². The maximum Gasteiger partial charge on any atom is 0.253 e. The second kappa shape index (κ2) is 12.5. The van der Waals surface area contributed by atoms with Crippen LogP contribution in [0.4, 0.5) is 0 Å². The normalized spacial score (nSPS) is 17.4. The molecule has 2 aromatic rings. The second-order valence-corrected chi connectivity index (χ2v) is 9.39. The minimum absolute atomic E-state index is 0. The lowest BCUT2D eigenvalue weighted by Gasteiger charge is -2.34. The van der Waals surface area contributed by atoms with E-state index in [1.54, 1.807) is 0 Å². The molecule has 2 amide bonds. The lowest BCUT2D eigenvalue weighted by Crippen LogP contribution is -2.48. The monoisotopic (exact) mass is 539 g/mol. The van der Waals surface area contributed by atoms with Gasteiger partial charge < -0.3 is 14.3 Å². The smallest absolute Gasteiger partial charge is 0.253 e. The van der Waals surface area contributed by atoms with Gasteiger partial charge in [0, 0.05) is 62.1 Å². The SMILES string of the molecule is Cl.O=C(CCc1nc(CN2CCN(C(=O)c3ccc(Br)cc3)CC2)no1)N1CCCCCC1. The van der Waals surface area contributed by atoms with Crippen molar-refractivity contribution in [2.24, 2.45) is 0 Å². The summed E-state index contributed by atoms with van der Waals surface area (Å²) in [5.74, 6) is 1.40. The Balaban J connectivity index is 0.00000306. The highest BCUT2D eigenvalue weighted by atomic mass is 79.9. The molecule has 2 fully saturated rings. The Bertz CT molecular complexity index is 907. The molecule has 0 aliphatic carbocycles. The fraction of sp³-hybridized carbons (Fsp3) is 0.565. The fourth-order valence-electron chi connectivity index (χ4n) is 4.23. The van der Waals surface area contributed by atoms with Crippen molar-refractivity contribution >= 4 is 40.2 Å². The molecule has 2 aliphatic heterocycles. The molecule has 0 saturated carbocycles. The van der Waals surface area contributed by atoms with Crippen molar-refractivity contribution < 1.29 is 14.1 Å². The number of hydrogen-bond donors (Lipinski definition) is 0.